The number of nitrogens with one attached hydrogen (secondary N) is 2. The van der Waals surface area contributed by atoms with E-state index in [9.17, 15) is 13.2 Å². The Morgan fingerprint density at radius 3 is 2.04 bits per heavy atom. The highest BCUT2D eigenvalue weighted by atomic mass is 32.2. The van der Waals surface area contributed by atoms with Crippen LogP contribution in [-0.4, -0.2) is 14.4 Å². The summed E-state index contributed by atoms with van der Waals surface area (Å²) in [6.07, 6.45) is 0.828. The molecule has 2 aromatic carbocycles. The highest BCUT2D eigenvalue weighted by molar-refractivity contribution is 7.89. The minimum absolute atomic E-state index is 0.0453. The average molecular weight is 390 g/mol. The van der Waals surface area contributed by atoms with Gasteiger partial charge in [0.1, 0.15) is 0 Å². The molecular weight excluding hydrogens is 362 g/mol. The van der Waals surface area contributed by atoms with Crippen LogP contribution in [-0.2, 0) is 10.0 Å². The van der Waals surface area contributed by atoms with Gasteiger partial charge in [-0.2, -0.15) is 0 Å². The van der Waals surface area contributed by atoms with Crippen LogP contribution in [0.5, 0.6) is 0 Å². The van der Waals surface area contributed by atoms with Crippen molar-refractivity contribution in [3.8, 4) is 0 Å². The number of urea groups is 1. The number of hydrogen-bond acceptors (Lipinski definition) is 3. The number of carbonyl (C=O) groups is 1. The summed E-state index contributed by atoms with van der Waals surface area (Å²) in [4.78, 5) is 12.5. The molecule has 0 aliphatic rings. The number of sulfonamides is 1. The largest absolute Gasteiger partial charge is 0.332 e. The van der Waals surface area contributed by atoms with Gasteiger partial charge in [0.2, 0.25) is 10.0 Å². The average Bonchev–Trinajstić information content (AvgIpc) is 2.61. The van der Waals surface area contributed by atoms with Crippen molar-refractivity contribution in [1.29, 1.82) is 0 Å². The summed E-state index contributed by atoms with van der Waals surface area (Å²) in [5.74, 6) is 0.429. The third-order valence-electron chi connectivity index (χ3n) is 4.27. The third kappa shape index (κ3) is 6.37. The molecule has 0 saturated carbocycles. The number of rotatable bonds is 7. The van der Waals surface area contributed by atoms with Gasteiger partial charge in [-0.25, -0.2) is 18.4 Å². The summed E-state index contributed by atoms with van der Waals surface area (Å²) in [6.45, 7) is 6.07. The van der Waals surface area contributed by atoms with Gasteiger partial charge in [0.25, 0.3) is 0 Å². The van der Waals surface area contributed by atoms with Crippen molar-refractivity contribution >= 4 is 16.1 Å². The maximum Gasteiger partial charge on any atom is 0.315 e. The summed E-state index contributed by atoms with van der Waals surface area (Å²) in [6, 6.07) is 15.4. The van der Waals surface area contributed by atoms with E-state index >= 15 is 0 Å². The Morgan fingerprint density at radius 1 is 0.926 bits per heavy atom. The molecule has 2 aromatic rings. The molecule has 0 spiro atoms. The van der Waals surface area contributed by atoms with Gasteiger partial charge in [-0.1, -0.05) is 56.3 Å². The van der Waals surface area contributed by atoms with Gasteiger partial charge in [0, 0.05) is 0 Å². The summed E-state index contributed by atoms with van der Waals surface area (Å²) in [7, 11) is -3.73. The fraction of sp³-hybridized carbons (Fsp3) is 0.350. The van der Waals surface area contributed by atoms with Gasteiger partial charge < -0.3 is 10.6 Å². The zero-order valence-corrected chi connectivity index (χ0v) is 16.7. The Kier molecular flexibility index (Phi) is 6.98. The van der Waals surface area contributed by atoms with Crippen molar-refractivity contribution < 1.29 is 13.2 Å². The zero-order chi connectivity index (χ0) is 20.0. The predicted molar refractivity (Wildman–Crippen MR) is 107 cm³/mol. The fourth-order valence-electron chi connectivity index (χ4n) is 2.86. The molecule has 0 unspecified atom stereocenters. The highest BCUT2D eigenvalue weighted by Crippen LogP contribution is 2.21. The Bertz CT molecular complexity index is 850. The molecule has 0 aliphatic heterocycles. The van der Waals surface area contributed by atoms with Crippen molar-refractivity contribution in [2.75, 3.05) is 0 Å². The van der Waals surface area contributed by atoms with Crippen molar-refractivity contribution in [3.63, 3.8) is 0 Å². The molecule has 0 radical (unpaired) electrons. The highest BCUT2D eigenvalue weighted by Gasteiger charge is 2.18. The van der Waals surface area contributed by atoms with Crippen LogP contribution in [0.4, 0.5) is 4.79 Å². The molecule has 0 aromatic heterocycles. The van der Waals surface area contributed by atoms with Crippen LogP contribution in [0.1, 0.15) is 50.4 Å². The lowest BCUT2D eigenvalue weighted by Gasteiger charge is -2.23. The molecule has 2 rings (SSSR count). The molecule has 7 heteroatoms. The van der Waals surface area contributed by atoms with Crippen LogP contribution in [0.3, 0.4) is 0 Å². The van der Waals surface area contributed by atoms with Gasteiger partial charge in [0.15, 0.2) is 0 Å². The Morgan fingerprint density at radius 2 is 1.52 bits per heavy atom. The summed E-state index contributed by atoms with van der Waals surface area (Å²) in [5, 5.41) is 11.0. The second kappa shape index (κ2) is 9.01. The van der Waals surface area contributed by atoms with E-state index in [2.05, 4.69) is 24.5 Å². The van der Waals surface area contributed by atoms with Crippen molar-refractivity contribution in [3.05, 3.63) is 65.7 Å². The fourth-order valence-corrected chi connectivity index (χ4v) is 3.38. The van der Waals surface area contributed by atoms with E-state index < -0.39 is 10.0 Å². The van der Waals surface area contributed by atoms with E-state index in [0.717, 1.165) is 17.5 Å². The lowest BCUT2D eigenvalue weighted by molar-refractivity contribution is 0.232. The smallest absolute Gasteiger partial charge is 0.315 e. The Balaban J connectivity index is 2.04. The maximum absolute atomic E-state index is 12.5. The zero-order valence-electron chi connectivity index (χ0n) is 15.8. The van der Waals surface area contributed by atoms with Crippen LogP contribution < -0.4 is 15.8 Å². The van der Waals surface area contributed by atoms with Crippen LogP contribution >= 0.6 is 0 Å². The maximum atomic E-state index is 12.5. The van der Waals surface area contributed by atoms with Gasteiger partial charge in [-0.3, -0.25) is 0 Å². The molecule has 0 aliphatic carbocycles. The molecule has 0 heterocycles. The van der Waals surface area contributed by atoms with Crippen LogP contribution in [0, 0.1) is 5.92 Å². The third-order valence-corrected chi connectivity index (χ3v) is 5.20. The molecule has 0 saturated heterocycles. The number of benzene rings is 2. The van der Waals surface area contributed by atoms with Gasteiger partial charge >= 0.3 is 6.03 Å². The predicted octanol–water partition coefficient (Wildman–Crippen LogP) is 3.48. The first-order valence-corrected chi connectivity index (χ1v) is 10.5. The minimum atomic E-state index is -3.73. The first-order valence-electron chi connectivity index (χ1n) is 8.91. The second-order valence-electron chi connectivity index (χ2n) is 7.05. The molecule has 2 amide bonds. The molecule has 0 fully saturated rings. The van der Waals surface area contributed by atoms with Crippen LogP contribution in [0.2, 0.25) is 0 Å². The first-order chi connectivity index (χ1) is 12.7. The van der Waals surface area contributed by atoms with Crippen molar-refractivity contribution in [1.82, 2.24) is 10.6 Å². The van der Waals surface area contributed by atoms with Gasteiger partial charge in [-0.15, -0.1) is 0 Å². The summed E-state index contributed by atoms with van der Waals surface area (Å²) in [5.41, 5.74) is 1.85. The van der Waals surface area contributed by atoms with Crippen molar-refractivity contribution in [2.24, 2.45) is 11.1 Å². The van der Waals surface area contributed by atoms with E-state index in [1.54, 1.807) is 12.1 Å². The van der Waals surface area contributed by atoms with Gasteiger partial charge in [-0.05, 0) is 42.5 Å². The topological polar surface area (TPSA) is 101 Å². The van der Waals surface area contributed by atoms with Gasteiger partial charge in [0.05, 0.1) is 17.0 Å². The molecule has 2 atom stereocenters. The number of nitrogens with two attached hydrogens (primary N) is 1. The second-order valence-corrected chi connectivity index (χ2v) is 8.61. The summed E-state index contributed by atoms with van der Waals surface area (Å²) >= 11 is 0. The Hall–Kier alpha value is -2.38. The van der Waals surface area contributed by atoms with E-state index in [1.165, 1.54) is 12.1 Å². The number of carbonyl (C=O) groups excluding carboxylic acids is 1. The van der Waals surface area contributed by atoms with Crippen LogP contribution in [0.25, 0.3) is 0 Å². The normalized spacial score (nSPS) is 13.8. The minimum Gasteiger partial charge on any atom is -0.332 e. The van der Waals surface area contributed by atoms with Crippen molar-refractivity contribution in [2.45, 2.75) is 44.2 Å². The van der Waals surface area contributed by atoms with E-state index in [1.807, 2.05) is 37.3 Å². The SMILES string of the molecule is CC(C)C[C@H](NC(=O)N[C@H](C)c1ccc(S(N)(=O)=O)cc1)c1ccccc1. The standard InChI is InChI=1S/C20H27N3O3S/c1-14(2)13-19(17-7-5-4-6-8-17)23-20(24)22-15(3)16-9-11-18(12-10-16)27(21,25)26/h4-12,14-15,19H,13H2,1-3H3,(H2,21,25,26)(H2,22,23,24)/t15-,19+/m1/s1. The number of primary sulfonamides is 1. The molecular formula is C20H27N3O3S. The number of hydrogen-bond donors (Lipinski definition) is 3. The van der Waals surface area contributed by atoms with Crippen LogP contribution in [0.15, 0.2) is 59.5 Å². The summed E-state index contributed by atoms with van der Waals surface area (Å²) < 4.78 is 22.7. The van der Waals surface area contributed by atoms with E-state index in [4.69, 9.17) is 5.14 Å². The molecule has 27 heavy (non-hydrogen) atoms. The molecule has 146 valence electrons. The lowest BCUT2D eigenvalue weighted by Crippen LogP contribution is -2.39. The molecule has 4 N–H and O–H groups in total. The number of amides is 2. The monoisotopic (exact) mass is 389 g/mol. The molecule has 0 bridgehead atoms. The first kappa shape index (κ1) is 20.9. The Labute approximate surface area is 161 Å². The van der Waals surface area contributed by atoms with E-state index in [0.29, 0.717) is 5.92 Å². The lowest BCUT2D eigenvalue weighted by atomic mass is 9.97. The van der Waals surface area contributed by atoms with E-state index in [-0.39, 0.29) is 23.0 Å². The molecule has 6 nitrogen and oxygen atoms in total. The quantitative estimate of drug-likeness (QED) is 0.675.